The lowest BCUT2D eigenvalue weighted by Crippen LogP contribution is -2.28. The highest BCUT2D eigenvalue weighted by atomic mass is 16.1. The lowest BCUT2D eigenvalue weighted by Gasteiger charge is -2.19. The van der Waals surface area contributed by atoms with Crippen molar-refractivity contribution in [3.05, 3.63) is 29.7 Å². The fourth-order valence-corrected chi connectivity index (χ4v) is 3.19. The molecule has 3 heterocycles. The molecule has 0 radical (unpaired) electrons. The number of hydrogen-bond donors (Lipinski definition) is 1. The van der Waals surface area contributed by atoms with Gasteiger partial charge in [-0.1, -0.05) is 13.8 Å². The number of nitrogens with one attached hydrogen (secondary N) is 1. The first-order valence-electron chi connectivity index (χ1n) is 8.82. The Balaban J connectivity index is 1.83. The van der Waals surface area contributed by atoms with E-state index in [1.54, 1.807) is 0 Å². The number of carbonyl (C=O) groups excluding carboxylic acids is 1. The molecule has 1 aliphatic rings. The van der Waals surface area contributed by atoms with Gasteiger partial charge in [0.05, 0.1) is 5.56 Å². The van der Waals surface area contributed by atoms with Gasteiger partial charge in [0, 0.05) is 31.2 Å². The Morgan fingerprint density at radius 1 is 1.29 bits per heavy atom. The van der Waals surface area contributed by atoms with Gasteiger partial charge in [-0.15, -0.1) is 10.2 Å². The van der Waals surface area contributed by atoms with Gasteiger partial charge in [-0.05, 0) is 44.9 Å². The first kappa shape index (κ1) is 16.9. The monoisotopic (exact) mass is 329 g/mol. The molecular weight excluding hydrogens is 302 g/mol. The molecule has 0 aromatic carbocycles. The molecular formula is C18H27N5O. The molecule has 24 heavy (non-hydrogen) atoms. The van der Waals surface area contributed by atoms with E-state index in [9.17, 15) is 4.79 Å². The summed E-state index contributed by atoms with van der Waals surface area (Å²) in [5, 5.41) is 11.6. The first-order chi connectivity index (χ1) is 11.5. The molecule has 1 N–H and O–H groups in total. The maximum Gasteiger partial charge on any atom is 0.252 e. The summed E-state index contributed by atoms with van der Waals surface area (Å²) in [5.74, 6) is 1.73. The number of aromatic nitrogens is 3. The zero-order valence-electron chi connectivity index (χ0n) is 15.0. The van der Waals surface area contributed by atoms with Crippen LogP contribution in [0.2, 0.25) is 0 Å². The molecule has 0 saturated carbocycles. The summed E-state index contributed by atoms with van der Waals surface area (Å²) in [6.07, 6.45) is 2.96. The molecule has 2 aromatic heterocycles. The van der Waals surface area contributed by atoms with E-state index in [4.69, 9.17) is 0 Å². The molecule has 0 aliphatic carbocycles. The number of amides is 1. The van der Waals surface area contributed by atoms with Crippen LogP contribution in [0.25, 0.3) is 5.65 Å². The summed E-state index contributed by atoms with van der Waals surface area (Å²) in [6, 6.07) is 4.24. The van der Waals surface area contributed by atoms with E-state index in [0.717, 1.165) is 31.0 Å². The second-order valence-corrected chi connectivity index (χ2v) is 7.38. The third kappa shape index (κ3) is 3.43. The second kappa shape index (κ2) is 6.89. The van der Waals surface area contributed by atoms with E-state index in [1.165, 1.54) is 0 Å². The average Bonchev–Trinajstić information content (AvgIpc) is 3.18. The summed E-state index contributed by atoms with van der Waals surface area (Å²) in [7, 11) is 0. The number of likely N-dealkylation sites (tertiary alicyclic amines) is 1. The van der Waals surface area contributed by atoms with Crippen molar-refractivity contribution < 1.29 is 4.79 Å². The molecule has 6 heteroatoms. The molecule has 0 bridgehead atoms. The van der Waals surface area contributed by atoms with Gasteiger partial charge >= 0.3 is 0 Å². The third-order valence-corrected chi connectivity index (χ3v) is 4.68. The Morgan fingerprint density at radius 2 is 2.08 bits per heavy atom. The summed E-state index contributed by atoms with van der Waals surface area (Å²) in [4.78, 5) is 14.8. The predicted molar refractivity (Wildman–Crippen MR) is 94.2 cm³/mol. The van der Waals surface area contributed by atoms with E-state index in [2.05, 4.69) is 48.1 Å². The third-order valence-electron chi connectivity index (χ3n) is 4.68. The molecule has 2 aromatic rings. The van der Waals surface area contributed by atoms with Crippen LogP contribution >= 0.6 is 0 Å². The van der Waals surface area contributed by atoms with E-state index < -0.39 is 0 Å². The van der Waals surface area contributed by atoms with E-state index in [0.29, 0.717) is 30.0 Å². The highest BCUT2D eigenvalue weighted by Gasteiger charge is 2.29. The molecule has 1 unspecified atom stereocenters. The predicted octanol–water partition coefficient (Wildman–Crippen LogP) is 2.31. The summed E-state index contributed by atoms with van der Waals surface area (Å²) >= 11 is 0. The Kier molecular flexibility index (Phi) is 4.85. The average molecular weight is 329 g/mol. The first-order valence-corrected chi connectivity index (χ1v) is 8.82. The quantitative estimate of drug-likeness (QED) is 0.914. The smallest absolute Gasteiger partial charge is 0.252 e. The molecule has 1 fully saturated rings. The number of nitrogens with zero attached hydrogens (tertiary/aromatic N) is 4. The lowest BCUT2D eigenvalue weighted by atomic mass is 10.1. The van der Waals surface area contributed by atoms with Crippen LogP contribution in [0.3, 0.4) is 0 Å². The highest BCUT2D eigenvalue weighted by molar-refractivity contribution is 5.94. The molecule has 1 aliphatic heterocycles. The van der Waals surface area contributed by atoms with Crippen LogP contribution in [-0.2, 0) is 0 Å². The minimum Gasteiger partial charge on any atom is -0.352 e. The van der Waals surface area contributed by atoms with Crippen molar-refractivity contribution in [2.24, 2.45) is 5.92 Å². The van der Waals surface area contributed by atoms with Crippen LogP contribution in [0.5, 0.6) is 0 Å². The van der Waals surface area contributed by atoms with Gasteiger partial charge in [-0.25, -0.2) is 0 Å². The number of pyridine rings is 1. The van der Waals surface area contributed by atoms with Gasteiger partial charge in [0.15, 0.2) is 5.65 Å². The van der Waals surface area contributed by atoms with Crippen LogP contribution in [0.4, 0.5) is 0 Å². The lowest BCUT2D eigenvalue weighted by molar-refractivity contribution is 0.0948. The zero-order chi connectivity index (χ0) is 17.3. The van der Waals surface area contributed by atoms with Gasteiger partial charge < -0.3 is 10.2 Å². The SMILES string of the molecule is CC(C)CNC(=O)c1ccc2nnc(C3CCN(C(C)C)C3)n2c1. The Labute approximate surface area is 143 Å². The number of carbonyl (C=O) groups is 1. The highest BCUT2D eigenvalue weighted by Crippen LogP contribution is 2.27. The normalized spacial score (nSPS) is 18.8. The molecule has 1 amide bonds. The Hall–Kier alpha value is -1.95. The minimum atomic E-state index is -0.0412. The van der Waals surface area contributed by atoms with Gasteiger partial charge in [-0.2, -0.15) is 0 Å². The molecule has 1 saturated heterocycles. The van der Waals surface area contributed by atoms with Crippen LogP contribution in [-0.4, -0.2) is 51.1 Å². The molecule has 130 valence electrons. The van der Waals surface area contributed by atoms with E-state index >= 15 is 0 Å². The van der Waals surface area contributed by atoms with Crippen molar-refractivity contribution in [2.75, 3.05) is 19.6 Å². The second-order valence-electron chi connectivity index (χ2n) is 7.38. The number of hydrogen-bond acceptors (Lipinski definition) is 4. The fourth-order valence-electron chi connectivity index (χ4n) is 3.19. The largest absolute Gasteiger partial charge is 0.352 e. The Morgan fingerprint density at radius 3 is 2.75 bits per heavy atom. The topological polar surface area (TPSA) is 62.5 Å². The molecule has 1 atom stereocenters. The fraction of sp³-hybridized carbons (Fsp3) is 0.611. The maximum atomic E-state index is 12.3. The van der Waals surface area contributed by atoms with Crippen molar-refractivity contribution in [3.8, 4) is 0 Å². The van der Waals surface area contributed by atoms with Crippen LogP contribution in [0.15, 0.2) is 18.3 Å². The van der Waals surface area contributed by atoms with Crippen molar-refractivity contribution >= 4 is 11.6 Å². The summed E-state index contributed by atoms with van der Waals surface area (Å²) in [5.41, 5.74) is 1.45. The summed E-state index contributed by atoms with van der Waals surface area (Å²) < 4.78 is 1.98. The van der Waals surface area contributed by atoms with Crippen molar-refractivity contribution in [1.29, 1.82) is 0 Å². The minimum absolute atomic E-state index is 0.0412. The Bertz CT molecular complexity index is 721. The number of fused-ring (bicyclic) bond motifs is 1. The van der Waals surface area contributed by atoms with Gasteiger partial charge in [0.2, 0.25) is 0 Å². The molecule has 3 rings (SSSR count). The van der Waals surface area contributed by atoms with Gasteiger partial charge in [-0.3, -0.25) is 9.20 Å². The number of rotatable bonds is 5. The van der Waals surface area contributed by atoms with Crippen molar-refractivity contribution in [1.82, 2.24) is 24.8 Å². The summed E-state index contributed by atoms with van der Waals surface area (Å²) in [6.45, 7) is 11.4. The van der Waals surface area contributed by atoms with Crippen molar-refractivity contribution in [3.63, 3.8) is 0 Å². The molecule has 0 spiro atoms. The van der Waals surface area contributed by atoms with Gasteiger partial charge in [0.25, 0.3) is 5.91 Å². The molecule has 6 nitrogen and oxygen atoms in total. The van der Waals surface area contributed by atoms with Crippen LogP contribution < -0.4 is 5.32 Å². The zero-order valence-corrected chi connectivity index (χ0v) is 15.0. The standard InChI is InChI=1S/C18H27N5O/c1-12(2)9-19-18(24)15-5-6-16-20-21-17(23(16)11-15)14-7-8-22(10-14)13(3)4/h5-6,11-14H,7-10H2,1-4H3,(H,19,24). The van der Waals surface area contributed by atoms with Crippen molar-refractivity contribution in [2.45, 2.75) is 46.1 Å². The van der Waals surface area contributed by atoms with Crippen LogP contribution in [0, 0.1) is 5.92 Å². The maximum absolute atomic E-state index is 12.3. The van der Waals surface area contributed by atoms with Crippen LogP contribution in [0.1, 0.15) is 56.2 Å². The van der Waals surface area contributed by atoms with E-state index in [-0.39, 0.29) is 5.91 Å². The van der Waals surface area contributed by atoms with Gasteiger partial charge in [0.1, 0.15) is 5.82 Å². The van der Waals surface area contributed by atoms with E-state index in [1.807, 2.05) is 22.7 Å².